The monoisotopic (exact) mass is 197 g/mol. The minimum atomic E-state index is -0.666. The van der Waals surface area contributed by atoms with Crippen LogP contribution < -0.4 is 11.5 Å². The van der Waals surface area contributed by atoms with Gasteiger partial charge in [0.1, 0.15) is 0 Å². The summed E-state index contributed by atoms with van der Waals surface area (Å²) in [7, 11) is 0. The molecule has 1 aromatic carbocycles. The van der Waals surface area contributed by atoms with Crippen LogP contribution in [0.25, 0.3) is 0 Å². The summed E-state index contributed by atoms with van der Waals surface area (Å²) in [4.78, 5) is 9.95. The lowest BCUT2D eigenvalue weighted by atomic mass is 10.1. The highest BCUT2D eigenvalue weighted by Gasteiger charge is 2.22. The fraction of sp³-hybridized carbons (Fsp3) is 0.250. The van der Waals surface area contributed by atoms with E-state index in [4.69, 9.17) is 11.5 Å². The molecular weight excluding hydrogens is 186 g/mol. The lowest BCUT2D eigenvalue weighted by Gasteiger charge is -2.09. The topological polar surface area (TPSA) is 115 Å². The molecule has 0 aliphatic rings. The summed E-state index contributed by atoms with van der Waals surface area (Å²) in [6, 6.07) is 3.58. The Morgan fingerprint density at radius 1 is 1.57 bits per heavy atom. The molecule has 0 bridgehead atoms. The van der Waals surface area contributed by atoms with Crippen LogP contribution in [0.1, 0.15) is 11.6 Å². The molecular formula is C8H11N3O3. The first-order chi connectivity index (χ1) is 6.57. The second-order valence-electron chi connectivity index (χ2n) is 2.81. The van der Waals surface area contributed by atoms with Crippen LogP contribution in [-0.2, 0) is 0 Å². The molecule has 1 aromatic rings. The van der Waals surface area contributed by atoms with Crippen molar-refractivity contribution < 1.29 is 10.0 Å². The Labute approximate surface area is 80.3 Å². The van der Waals surface area contributed by atoms with Crippen molar-refractivity contribution in [1.29, 1.82) is 0 Å². The van der Waals surface area contributed by atoms with Crippen LogP contribution in [0.15, 0.2) is 18.2 Å². The third-order valence-corrected chi connectivity index (χ3v) is 1.88. The zero-order valence-electron chi connectivity index (χ0n) is 7.38. The predicted octanol–water partition coefficient (Wildman–Crippen LogP) is 0.259. The summed E-state index contributed by atoms with van der Waals surface area (Å²) in [6.07, 6.45) is 0. The maximum Gasteiger partial charge on any atom is 0.315 e. The van der Waals surface area contributed by atoms with Gasteiger partial charge in [0, 0.05) is 12.6 Å². The largest absolute Gasteiger partial charge is 0.502 e. The van der Waals surface area contributed by atoms with E-state index in [0.29, 0.717) is 0 Å². The zero-order chi connectivity index (χ0) is 10.7. The zero-order valence-corrected chi connectivity index (χ0v) is 7.38. The SMILES string of the molecule is NCC(N)c1cccc(O)c1[N+](=O)[O-]. The number of phenols is 1. The molecule has 0 fully saturated rings. The Kier molecular flexibility index (Phi) is 3.00. The Morgan fingerprint density at radius 2 is 2.21 bits per heavy atom. The van der Waals surface area contributed by atoms with E-state index in [1.165, 1.54) is 18.2 Å². The van der Waals surface area contributed by atoms with E-state index < -0.39 is 16.7 Å². The van der Waals surface area contributed by atoms with Crippen LogP contribution >= 0.6 is 0 Å². The number of hydrogen-bond donors (Lipinski definition) is 3. The average molecular weight is 197 g/mol. The Balaban J connectivity index is 3.28. The molecule has 0 spiro atoms. The maximum atomic E-state index is 10.6. The van der Waals surface area contributed by atoms with Crippen molar-refractivity contribution in [1.82, 2.24) is 0 Å². The number of aromatic hydroxyl groups is 1. The fourth-order valence-corrected chi connectivity index (χ4v) is 1.17. The van der Waals surface area contributed by atoms with E-state index >= 15 is 0 Å². The number of nitro groups is 1. The molecule has 0 aliphatic heterocycles. The lowest BCUT2D eigenvalue weighted by molar-refractivity contribution is -0.386. The molecule has 0 aliphatic carbocycles. The molecule has 0 saturated carbocycles. The molecule has 0 aromatic heterocycles. The molecule has 0 radical (unpaired) electrons. The number of nitrogens with two attached hydrogens (primary N) is 2. The fourth-order valence-electron chi connectivity index (χ4n) is 1.17. The molecule has 6 heteroatoms. The van der Waals surface area contributed by atoms with Crippen molar-refractivity contribution in [2.24, 2.45) is 11.5 Å². The van der Waals surface area contributed by atoms with E-state index in [1.807, 2.05) is 0 Å². The average Bonchev–Trinajstić information content (AvgIpc) is 2.15. The van der Waals surface area contributed by atoms with Crippen LogP contribution in [0.4, 0.5) is 5.69 Å². The second-order valence-corrected chi connectivity index (χ2v) is 2.81. The van der Waals surface area contributed by atoms with Gasteiger partial charge in [-0.25, -0.2) is 0 Å². The van der Waals surface area contributed by atoms with Gasteiger partial charge in [-0.05, 0) is 6.07 Å². The normalized spacial score (nSPS) is 12.4. The van der Waals surface area contributed by atoms with E-state index in [0.717, 1.165) is 0 Å². The van der Waals surface area contributed by atoms with Gasteiger partial charge in [-0.2, -0.15) is 0 Å². The number of para-hydroxylation sites is 1. The first kappa shape index (κ1) is 10.4. The molecule has 76 valence electrons. The van der Waals surface area contributed by atoms with Crippen LogP contribution in [0.2, 0.25) is 0 Å². The molecule has 1 unspecified atom stereocenters. The van der Waals surface area contributed by atoms with Crippen LogP contribution in [-0.4, -0.2) is 16.6 Å². The summed E-state index contributed by atoms with van der Waals surface area (Å²) < 4.78 is 0. The van der Waals surface area contributed by atoms with Gasteiger partial charge in [-0.1, -0.05) is 12.1 Å². The number of hydrogen-bond acceptors (Lipinski definition) is 5. The van der Waals surface area contributed by atoms with E-state index in [-0.39, 0.29) is 17.8 Å². The Hall–Kier alpha value is -1.66. The number of rotatable bonds is 3. The molecule has 1 rings (SSSR count). The number of nitrogens with zero attached hydrogens (tertiary/aromatic N) is 1. The minimum absolute atomic E-state index is 0.0876. The predicted molar refractivity (Wildman–Crippen MR) is 50.7 cm³/mol. The first-order valence-electron chi connectivity index (χ1n) is 3.99. The highest BCUT2D eigenvalue weighted by molar-refractivity contribution is 5.53. The van der Waals surface area contributed by atoms with Gasteiger partial charge < -0.3 is 16.6 Å². The van der Waals surface area contributed by atoms with Gasteiger partial charge in [0.25, 0.3) is 0 Å². The van der Waals surface area contributed by atoms with Gasteiger partial charge in [0.2, 0.25) is 0 Å². The van der Waals surface area contributed by atoms with E-state index in [2.05, 4.69) is 0 Å². The van der Waals surface area contributed by atoms with Crippen molar-refractivity contribution in [2.75, 3.05) is 6.54 Å². The standard InChI is InChI=1S/C8H11N3O3/c9-4-6(10)5-2-1-3-7(12)8(5)11(13)14/h1-3,6,12H,4,9-10H2. The molecule has 0 amide bonds. The smallest absolute Gasteiger partial charge is 0.315 e. The summed E-state index contributed by atoms with van der Waals surface area (Å²) in [5, 5.41) is 19.9. The summed E-state index contributed by atoms with van der Waals surface area (Å²) in [6.45, 7) is 0.0876. The third kappa shape index (κ3) is 1.81. The highest BCUT2D eigenvalue weighted by atomic mass is 16.6. The van der Waals surface area contributed by atoms with Crippen molar-refractivity contribution >= 4 is 5.69 Å². The number of phenolic OH excluding ortho intramolecular Hbond substituents is 1. The van der Waals surface area contributed by atoms with Crippen molar-refractivity contribution in [3.63, 3.8) is 0 Å². The molecule has 1 atom stereocenters. The molecule has 5 N–H and O–H groups in total. The molecule has 14 heavy (non-hydrogen) atoms. The van der Waals surface area contributed by atoms with Crippen molar-refractivity contribution in [3.05, 3.63) is 33.9 Å². The van der Waals surface area contributed by atoms with Gasteiger partial charge in [-0.3, -0.25) is 10.1 Å². The quantitative estimate of drug-likeness (QED) is 0.474. The second kappa shape index (κ2) is 4.03. The number of nitro benzene ring substituents is 1. The minimum Gasteiger partial charge on any atom is -0.502 e. The van der Waals surface area contributed by atoms with Gasteiger partial charge in [0.05, 0.1) is 10.5 Å². The first-order valence-corrected chi connectivity index (χ1v) is 3.99. The van der Waals surface area contributed by atoms with Gasteiger partial charge >= 0.3 is 5.69 Å². The van der Waals surface area contributed by atoms with Crippen LogP contribution in [0.5, 0.6) is 5.75 Å². The summed E-state index contributed by atoms with van der Waals surface area (Å²) in [5.74, 6) is -0.392. The van der Waals surface area contributed by atoms with Crippen molar-refractivity contribution in [3.8, 4) is 5.75 Å². The Morgan fingerprint density at radius 3 is 2.71 bits per heavy atom. The van der Waals surface area contributed by atoms with E-state index in [9.17, 15) is 15.2 Å². The highest BCUT2D eigenvalue weighted by Crippen LogP contribution is 2.32. The van der Waals surface area contributed by atoms with E-state index in [1.54, 1.807) is 0 Å². The van der Waals surface area contributed by atoms with Crippen molar-refractivity contribution in [2.45, 2.75) is 6.04 Å². The lowest BCUT2D eigenvalue weighted by Crippen LogP contribution is -2.21. The summed E-state index contributed by atoms with van der Waals surface area (Å²) >= 11 is 0. The maximum absolute atomic E-state index is 10.6. The Bertz CT molecular complexity index is 354. The molecule has 0 saturated heterocycles. The summed E-state index contributed by atoms with van der Waals surface area (Å²) in [5.41, 5.74) is 10.7. The molecule has 0 heterocycles. The van der Waals surface area contributed by atoms with Crippen LogP contribution in [0.3, 0.4) is 0 Å². The number of benzene rings is 1. The van der Waals surface area contributed by atoms with Gasteiger partial charge in [0.15, 0.2) is 5.75 Å². The van der Waals surface area contributed by atoms with Gasteiger partial charge in [-0.15, -0.1) is 0 Å². The van der Waals surface area contributed by atoms with Crippen LogP contribution in [0, 0.1) is 10.1 Å². The third-order valence-electron chi connectivity index (χ3n) is 1.88. The molecule has 6 nitrogen and oxygen atoms in total.